The Kier molecular flexibility index (Phi) is 8.57. The van der Waals surface area contributed by atoms with E-state index in [4.69, 9.17) is 5.73 Å². The molecule has 0 atom stereocenters. The zero-order valence-electron chi connectivity index (χ0n) is 22.9. The number of aromatic nitrogens is 2. The van der Waals surface area contributed by atoms with Crippen LogP contribution in [0, 0.1) is 5.92 Å². The van der Waals surface area contributed by atoms with E-state index in [1.165, 1.54) is 0 Å². The molecule has 1 aliphatic rings. The van der Waals surface area contributed by atoms with E-state index in [0.29, 0.717) is 24.6 Å². The lowest BCUT2D eigenvalue weighted by molar-refractivity contribution is -0.132. The summed E-state index contributed by atoms with van der Waals surface area (Å²) in [4.78, 5) is 26.8. The molecular weight excluding hydrogens is 474 g/mol. The first-order valence-corrected chi connectivity index (χ1v) is 13.5. The van der Waals surface area contributed by atoms with Crippen LogP contribution in [-0.4, -0.2) is 40.0 Å². The van der Waals surface area contributed by atoms with Crippen LogP contribution in [0.25, 0.3) is 22.4 Å². The van der Waals surface area contributed by atoms with Crippen LogP contribution in [0.5, 0.6) is 0 Å². The van der Waals surface area contributed by atoms with Crippen molar-refractivity contribution >= 4 is 17.6 Å². The zero-order valence-corrected chi connectivity index (χ0v) is 22.9. The van der Waals surface area contributed by atoms with E-state index in [1.807, 2.05) is 93.4 Å². The van der Waals surface area contributed by atoms with Gasteiger partial charge in [0, 0.05) is 42.6 Å². The lowest BCUT2D eigenvalue weighted by Gasteiger charge is -2.34. The summed E-state index contributed by atoms with van der Waals surface area (Å²) < 4.78 is 0. The number of amides is 2. The van der Waals surface area contributed by atoms with Crippen molar-refractivity contribution in [2.45, 2.75) is 70.9 Å². The zero-order chi connectivity index (χ0) is 27.3. The topological polar surface area (TPSA) is 101 Å². The molecule has 7 nitrogen and oxygen atoms in total. The highest BCUT2D eigenvalue weighted by Gasteiger charge is 2.27. The Bertz CT molecular complexity index is 1240. The predicted molar refractivity (Wildman–Crippen MR) is 152 cm³/mol. The Balaban J connectivity index is 1.47. The minimum atomic E-state index is -0.428. The van der Waals surface area contributed by atoms with Crippen molar-refractivity contribution in [1.29, 1.82) is 0 Å². The molecule has 0 saturated heterocycles. The maximum Gasteiger partial charge on any atom is 0.225 e. The quantitative estimate of drug-likeness (QED) is 0.399. The molecule has 200 valence electrons. The summed E-state index contributed by atoms with van der Waals surface area (Å²) in [7, 11) is 1.89. The number of nitrogens with zero attached hydrogens (tertiary/aromatic N) is 3. The molecule has 7 heteroatoms. The van der Waals surface area contributed by atoms with E-state index in [1.54, 1.807) is 0 Å². The van der Waals surface area contributed by atoms with Crippen LogP contribution >= 0.6 is 0 Å². The van der Waals surface area contributed by atoms with E-state index in [2.05, 4.69) is 15.5 Å². The van der Waals surface area contributed by atoms with Gasteiger partial charge in [-0.15, -0.1) is 10.2 Å². The predicted octanol–water partition coefficient (Wildman–Crippen LogP) is 5.76. The molecule has 2 amide bonds. The van der Waals surface area contributed by atoms with Crippen LogP contribution in [0.2, 0.25) is 0 Å². The Morgan fingerprint density at radius 3 is 2.24 bits per heavy atom. The summed E-state index contributed by atoms with van der Waals surface area (Å²) in [5.41, 5.74) is 10.5. The monoisotopic (exact) mass is 513 g/mol. The maximum atomic E-state index is 12.9. The number of nitrogens with one attached hydrogen (secondary N) is 1. The Morgan fingerprint density at radius 2 is 1.63 bits per heavy atom. The normalized spacial score (nSPS) is 17.6. The van der Waals surface area contributed by atoms with Gasteiger partial charge >= 0.3 is 0 Å². The van der Waals surface area contributed by atoms with Gasteiger partial charge in [0.25, 0.3) is 0 Å². The molecule has 3 aromatic rings. The highest BCUT2D eigenvalue weighted by Crippen LogP contribution is 2.33. The summed E-state index contributed by atoms with van der Waals surface area (Å²) in [5, 5.41) is 11.9. The van der Waals surface area contributed by atoms with Crippen molar-refractivity contribution in [2.24, 2.45) is 11.7 Å². The molecule has 3 N–H and O–H groups in total. The smallest absolute Gasteiger partial charge is 0.225 e. The molecule has 1 fully saturated rings. The molecular formula is C31H39N5O2. The third kappa shape index (κ3) is 6.64. The van der Waals surface area contributed by atoms with Crippen LogP contribution < -0.4 is 11.1 Å². The lowest BCUT2D eigenvalue weighted by atomic mass is 9.83. The number of carbonyl (C=O) groups excluding carboxylic acids is 2. The molecule has 0 spiro atoms. The third-order valence-corrected chi connectivity index (χ3v) is 7.58. The average Bonchev–Trinajstić information content (AvgIpc) is 2.92. The molecule has 1 aliphatic carbocycles. The molecule has 38 heavy (non-hydrogen) atoms. The number of hydrogen-bond acceptors (Lipinski definition) is 5. The van der Waals surface area contributed by atoms with Gasteiger partial charge in [-0.3, -0.25) is 9.59 Å². The molecule has 1 heterocycles. The van der Waals surface area contributed by atoms with E-state index in [0.717, 1.165) is 53.6 Å². The second kappa shape index (κ2) is 11.9. The number of rotatable bonds is 8. The highest BCUT2D eigenvalue weighted by atomic mass is 16.2. The van der Waals surface area contributed by atoms with Gasteiger partial charge in [0.15, 0.2) is 5.82 Å². The number of benzene rings is 2. The molecule has 2 aromatic carbocycles. The Labute approximate surface area is 225 Å². The second-order valence-electron chi connectivity index (χ2n) is 10.9. The molecule has 0 unspecified atom stereocenters. The third-order valence-electron chi connectivity index (χ3n) is 7.58. The van der Waals surface area contributed by atoms with Crippen molar-refractivity contribution in [3.8, 4) is 22.4 Å². The Morgan fingerprint density at radius 1 is 0.974 bits per heavy atom. The summed E-state index contributed by atoms with van der Waals surface area (Å²) >= 11 is 0. The van der Waals surface area contributed by atoms with Gasteiger partial charge in [0.1, 0.15) is 5.69 Å². The van der Waals surface area contributed by atoms with Crippen molar-refractivity contribution in [3.05, 3.63) is 66.2 Å². The van der Waals surface area contributed by atoms with Crippen molar-refractivity contribution in [2.75, 3.05) is 12.4 Å². The van der Waals surface area contributed by atoms with Crippen LogP contribution in [-0.2, 0) is 15.1 Å². The first-order chi connectivity index (χ1) is 18.2. The fourth-order valence-electron chi connectivity index (χ4n) is 5.21. The number of hydrogen-bond donors (Lipinski definition) is 2. The standard InChI is InChI=1S/C31H39N5O2/c1-5-29(38)36(4)25-17-11-21(12-18-25)19-28(37)33-27-20-26(22-9-7-6-8-10-22)30(35-34-27)23-13-15-24(16-14-23)31(2,3)32/h6-10,13-16,20-21,25H,5,11-12,17-19,32H2,1-4H3,(H,33,34,37). The number of nitrogens with two attached hydrogens (primary N) is 1. The van der Waals surface area contributed by atoms with Gasteiger partial charge in [-0.1, -0.05) is 61.5 Å². The van der Waals surface area contributed by atoms with Crippen LogP contribution in [0.3, 0.4) is 0 Å². The molecule has 1 aromatic heterocycles. The van der Waals surface area contributed by atoms with Gasteiger partial charge in [-0.05, 0) is 62.6 Å². The fourth-order valence-corrected chi connectivity index (χ4v) is 5.21. The van der Waals surface area contributed by atoms with Crippen molar-refractivity contribution in [1.82, 2.24) is 15.1 Å². The van der Waals surface area contributed by atoms with E-state index in [9.17, 15) is 9.59 Å². The van der Waals surface area contributed by atoms with Gasteiger partial charge < -0.3 is 16.0 Å². The first kappa shape index (κ1) is 27.5. The number of anilines is 1. The first-order valence-electron chi connectivity index (χ1n) is 13.5. The fraction of sp³-hybridized carbons (Fsp3) is 0.419. The largest absolute Gasteiger partial charge is 0.343 e. The summed E-state index contributed by atoms with van der Waals surface area (Å²) in [6.07, 6.45) is 4.73. The van der Waals surface area contributed by atoms with Gasteiger partial charge in [0.2, 0.25) is 11.8 Å². The Hall–Kier alpha value is -3.58. The molecule has 4 rings (SSSR count). The number of carbonyl (C=O) groups is 2. The average molecular weight is 514 g/mol. The van der Waals surface area contributed by atoms with Gasteiger partial charge in [-0.25, -0.2) is 0 Å². The van der Waals surface area contributed by atoms with Crippen molar-refractivity contribution < 1.29 is 9.59 Å². The van der Waals surface area contributed by atoms with E-state index in [-0.39, 0.29) is 17.9 Å². The van der Waals surface area contributed by atoms with Gasteiger partial charge in [-0.2, -0.15) is 0 Å². The van der Waals surface area contributed by atoms with E-state index < -0.39 is 5.54 Å². The summed E-state index contributed by atoms with van der Waals surface area (Å²) in [5.74, 6) is 0.880. The van der Waals surface area contributed by atoms with Crippen LogP contribution in [0.15, 0.2) is 60.7 Å². The highest BCUT2D eigenvalue weighted by molar-refractivity contribution is 5.91. The van der Waals surface area contributed by atoms with Crippen LogP contribution in [0.1, 0.15) is 64.9 Å². The van der Waals surface area contributed by atoms with E-state index >= 15 is 0 Å². The van der Waals surface area contributed by atoms with Crippen LogP contribution in [0.4, 0.5) is 5.82 Å². The van der Waals surface area contributed by atoms with Crippen molar-refractivity contribution in [3.63, 3.8) is 0 Å². The second-order valence-corrected chi connectivity index (χ2v) is 10.9. The molecule has 0 aliphatic heterocycles. The maximum absolute atomic E-state index is 12.9. The molecule has 0 radical (unpaired) electrons. The minimum absolute atomic E-state index is 0.0537. The SMILES string of the molecule is CCC(=O)N(C)C1CCC(CC(=O)Nc2cc(-c3ccccc3)c(-c3ccc(C(C)(C)N)cc3)nn2)CC1. The minimum Gasteiger partial charge on any atom is -0.343 e. The summed E-state index contributed by atoms with van der Waals surface area (Å²) in [6, 6.07) is 20.3. The van der Waals surface area contributed by atoms with Gasteiger partial charge in [0.05, 0.1) is 0 Å². The molecule has 0 bridgehead atoms. The lowest BCUT2D eigenvalue weighted by Crippen LogP contribution is -2.39. The molecule has 1 saturated carbocycles. The summed E-state index contributed by atoms with van der Waals surface area (Å²) in [6.45, 7) is 5.85.